The molecule has 2 aromatic rings. The van der Waals surface area contributed by atoms with Crippen LogP contribution >= 0.6 is 11.6 Å². The van der Waals surface area contributed by atoms with E-state index in [1.807, 2.05) is 12.1 Å². The highest BCUT2D eigenvalue weighted by Crippen LogP contribution is 2.34. The van der Waals surface area contributed by atoms with Crippen molar-refractivity contribution in [2.75, 3.05) is 6.61 Å². The number of halogens is 1. The van der Waals surface area contributed by atoms with Crippen LogP contribution in [0.3, 0.4) is 0 Å². The number of carbonyl (C=O) groups excluding carboxylic acids is 1. The number of unbranched alkanes of at least 4 members (excludes halogenated alkanes) is 5. The lowest BCUT2D eigenvalue weighted by Gasteiger charge is -2.28. The van der Waals surface area contributed by atoms with Crippen LogP contribution in [0.1, 0.15) is 127 Å². The maximum Gasteiger partial charge on any atom is 0.343 e. The Morgan fingerprint density at radius 2 is 1.45 bits per heavy atom. The van der Waals surface area contributed by atoms with Crippen LogP contribution in [0.4, 0.5) is 0 Å². The molecule has 0 spiro atoms. The van der Waals surface area contributed by atoms with Gasteiger partial charge < -0.3 is 14.2 Å². The van der Waals surface area contributed by atoms with E-state index in [1.54, 1.807) is 30.3 Å². The summed E-state index contributed by atoms with van der Waals surface area (Å²) in [5.74, 6) is 3.25. The first-order chi connectivity index (χ1) is 19.5. The first kappa shape index (κ1) is 32.3. The van der Waals surface area contributed by atoms with Gasteiger partial charge in [-0.3, -0.25) is 0 Å². The fourth-order valence-electron chi connectivity index (χ4n) is 5.68. The monoisotopic (exact) mass is 570 g/mol. The normalized spacial score (nSPS) is 17.8. The van der Waals surface area contributed by atoms with Gasteiger partial charge in [0.25, 0.3) is 0 Å². The molecule has 3 rings (SSSR count). The van der Waals surface area contributed by atoms with Crippen molar-refractivity contribution in [2.24, 2.45) is 11.8 Å². The van der Waals surface area contributed by atoms with Crippen LogP contribution in [0.2, 0.25) is 5.02 Å². The SMILES string of the molecule is CCCCCC[C@H](C)Oc1ccc(C(=O)Oc2ccc(OCCCC3CCC(CCCCC)CC3)cc2)cc1Cl. The van der Waals surface area contributed by atoms with Crippen molar-refractivity contribution in [3.63, 3.8) is 0 Å². The van der Waals surface area contributed by atoms with Gasteiger partial charge in [-0.1, -0.05) is 96.1 Å². The van der Waals surface area contributed by atoms with Gasteiger partial charge in [-0.15, -0.1) is 0 Å². The van der Waals surface area contributed by atoms with E-state index in [0.29, 0.717) is 22.1 Å². The van der Waals surface area contributed by atoms with Crippen molar-refractivity contribution in [1.29, 1.82) is 0 Å². The number of hydrogen-bond acceptors (Lipinski definition) is 4. The largest absolute Gasteiger partial charge is 0.494 e. The summed E-state index contributed by atoms with van der Waals surface area (Å²) in [4.78, 5) is 12.7. The second-order valence-electron chi connectivity index (χ2n) is 11.7. The number of hydrogen-bond donors (Lipinski definition) is 0. The number of benzene rings is 2. The molecule has 0 radical (unpaired) electrons. The summed E-state index contributed by atoms with van der Waals surface area (Å²) in [6, 6.07) is 12.3. The third kappa shape index (κ3) is 11.7. The van der Waals surface area contributed by atoms with E-state index in [4.69, 9.17) is 25.8 Å². The van der Waals surface area contributed by atoms with Crippen molar-refractivity contribution >= 4 is 17.6 Å². The average molecular weight is 571 g/mol. The number of esters is 1. The molecule has 1 atom stereocenters. The van der Waals surface area contributed by atoms with Gasteiger partial charge in [0.15, 0.2) is 0 Å². The molecule has 1 saturated carbocycles. The zero-order valence-corrected chi connectivity index (χ0v) is 25.9. The first-order valence-electron chi connectivity index (χ1n) is 15.9. The molecule has 0 N–H and O–H groups in total. The van der Waals surface area contributed by atoms with Gasteiger partial charge in [0, 0.05) is 0 Å². The summed E-state index contributed by atoms with van der Waals surface area (Å²) in [7, 11) is 0. The predicted molar refractivity (Wildman–Crippen MR) is 166 cm³/mol. The molecular formula is C35H51ClO4. The molecule has 1 aliphatic rings. The van der Waals surface area contributed by atoms with Gasteiger partial charge >= 0.3 is 5.97 Å². The molecule has 222 valence electrons. The zero-order chi connectivity index (χ0) is 28.6. The highest BCUT2D eigenvalue weighted by atomic mass is 35.5. The quantitative estimate of drug-likeness (QED) is 0.101. The summed E-state index contributed by atoms with van der Waals surface area (Å²) < 4.78 is 17.5. The molecule has 2 aromatic carbocycles. The Kier molecular flexibility index (Phi) is 14.8. The Morgan fingerprint density at radius 1 is 0.825 bits per heavy atom. The highest BCUT2D eigenvalue weighted by Gasteiger charge is 2.20. The molecule has 5 heteroatoms. The molecule has 0 aliphatic heterocycles. The molecular weight excluding hydrogens is 520 g/mol. The van der Waals surface area contributed by atoms with Crippen LogP contribution in [0, 0.1) is 11.8 Å². The molecule has 4 nitrogen and oxygen atoms in total. The maximum atomic E-state index is 12.7. The maximum absolute atomic E-state index is 12.7. The second kappa shape index (κ2) is 18.3. The third-order valence-corrected chi connectivity index (χ3v) is 8.50. The molecule has 0 saturated heterocycles. The lowest BCUT2D eigenvalue weighted by Crippen LogP contribution is -2.15. The molecule has 40 heavy (non-hydrogen) atoms. The van der Waals surface area contributed by atoms with Crippen molar-refractivity contribution in [1.82, 2.24) is 0 Å². The second-order valence-corrected chi connectivity index (χ2v) is 12.1. The van der Waals surface area contributed by atoms with Crippen LogP contribution in [0.5, 0.6) is 17.2 Å². The zero-order valence-electron chi connectivity index (χ0n) is 25.1. The Bertz CT molecular complexity index is 981. The van der Waals surface area contributed by atoms with Gasteiger partial charge in [0.05, 0.1) is 23.3 Å². The fourth-order valence-corrected chi connectivity index (χ4v) is 5.91. The third-order valence-electron chi connectivity index (χ3n) is 8.20. The number of ether oxygens (including phenoxy) is 3. The number of rotatable bonds is 18. The van der Waals surface area contributed by atoms with E-state index in [2.05, 4.69) is 20.8 Å². The van der Waals surface area contributed by atoms with Crippen molar-refractivity contribution in [2.45, 2.75) is 123 Å². The van der Waals surface area contributed by atoms with Crippen LogP contribution in [0.15, 0.2) is 42.5 Å². The summed E-state index contributed by atoms with van der Waals surface area (Å²) in [6.07, 6.45) is 19.4. The van der Waals surface area contributed by atoms with Crippen molar-refractivity contribution < 1.29 is 19.0 Å². The Morgan fingerprint density at radius 3 is 2.10 bits per heavy atom. The van der Waals surface area contributed by atoms with E-state index in [9.17, 15) is 4.79 Å². The Labute approximate surface area is 248 Å². The standard InChI is InChI=1S/C35H51ClO4/c1-4-6-8-10-12-27(3)39-34-24-19-30(26-33(34)36)35(37)40-32-22-20-31(21-23-32)38-25-11-14-29-17-15-28(16-18-29)13-9-7-5-2/h19-24,26-29H,4-18,25H2,1-3H3/t27-,28?,29?/m0/s1. The molecule has 1 fully saturated rings. The molecule has 1 aliphatic carbocycles. The van der Waals surface area contributed by atoms with Crippen LogP contribution < -0.4 is 14.2 Å². The summed E-state index contributed by atoms with van der Waals surface area (Å²) in [5, 5.41) is 0.415. The smallest absolute Gasteiger partial charge is 0.343 e. The van der Waals surface area contributed by atoms with Gasteiger partial charge in [0.2, 0.25) is 0 Å². The molecule has 0 heterocycles. The van der Waals surface area contributed by atoms with E-state index in [1.165, 1.54) is 77.0 Å². The predicted octanol–water partition coefficient (Wildman–Crippen LogP) is 10.8. The topological polar surface area (TPSA) is 44.8 Å². The summed E-state index contributed by atoms with van der Waals surface area (Å²) in [6.45, 7) is 7.27. The first-order valence-corrected chi connectivity index (χ1v) is 16.3. The Balaban J connectivity index is 1.34. The van der Waals surface area contributed by atoms with Gasteiger partial charge in [-0.05, 0) is 86.9 Å². The minimum atomic E-state index is -0.449. The van der Waals surface area contributed by atoms with E-state index in [-0.39, 0.29) is 6.10 Å². The van der Waals surface area contributed by atoms with Crippen molar-refractivity contribution in [3.8, 4) is 17.2 Å². The summed E-state index contributed by atoms with van der Waals surface area (Å²) >= 11 is 6.42. The lowest BCUT2D eigenvalue weighted by atomic mass is 9.78. The van der Waals surface area contributed by atoms with E-state index in [0.717, 1.165) is 43.5 Å². The minimum Gasteiger partial charge on any atom is -0.494 e. The highest BCUT2D eigenvalue weighted by molar-refractivity contribution is 6.32. The lowest BCUT2D eigenvalue weighted by molar-refractivity contribution is 0.0734. The van der Waals surface area contributed by atoms with Crippen LogP contribution in [0.25, 0.3) is 0 Å². The van der Waals surface area contributed by atoms with Crippen molar-refractivity contribution in [3.05, 3.63) is 53.1 Å². The Hall–Kier alpha value is -2.20. The van der Waals surface area contributed by atoms with Crippen LogP contribution in [-0.4, -0.2) is 18.7 Å². The van der Waals surface area contributed by atoms with E-state index >= 15 is 0 Å². The fraction of sp³-hybridized carbons (Fsp3) is 0.629. The van der Waals surface area contributed by atoms with Crippen LogP contribution in [-0.2, 0) is 0 Å². The van der Waals surface area contributed by atoms with Gasteiger partial charge in [-0.2, -0.15) is 0 Å². The summed E-state index contributed by atoms with van der Waals surface area (Å²) in [5.41, 5.74) is 0.392. The van der Waals surface area contributed by atoms with Gasteiger partial charge in [-0.25, -0.2) is 4.79 Å². The van der Waals surface area contributed by atoms with Gasteiger partial charge in [0.1, 0.15) is 17.2 Å². The minimum absolute atomic E-state index is 0.0769. The average Bonchev–Trinajstić information content (AvgIpc) is 2.96. The number of carbonyl (C=O) groups is 1. The molecule has 0 unspecified atom stereocenters. The molecule has 0 bridgehead atoms. The molecule has 0 amide bonds. The van der Waals surface area contributed by atoms with E-state index < -0.39 is 5.97 Å². The molecule has 0 aromatic heterocycles.